The van der Waals surface area contributed by atoms with E-state index in [1.165, 1.54) is 4.52 Å². The maximum atomic E-state index is 12.9. The van der Waals surface area contributed by atoms with Crippen molar-refractivity contribution in [2.75, 3.05) is 6.54 Å². The fourth-order valence-corrected chi connectivity index (χ4v) is 4.14. The summed E-state index contributed by atoms with van der Waals surface area (Å²) in [6, 6.07) is -0.266. The van der Waals surface area contributed by atoms with Crippen LogP contribution in [-0.4, -0.2) is 54.1 Å². The monoisotopic (exact) mass is 329 g/mol. The molecule has 2 aliphatic rings. The minimum atomic E-state index is -0.804. The Morgan fingerprint density at radius 1 is 1.33 bits per heavy atom. The Hall–Kier alpha value is -2.51. The molecule has 8 nitrogen and oxygen atoms in total. The van der Waals surface area contributed by atoms with Crippen LogP contribution in [0.25, 0.3) is 5.78 Å². The molecular formula is C16H19N5O3. The Morgan fingerprint density at radius 2 is 2.17 bits per heavy atom. The van der Waals surface area contributed by atoms with E-state index >= 15 is 0 Å². The van der Waals surface area contributed by atoms with E-state index < -0.39 is 11.4 Å². The smallest absolute Gasteiger partial charge is 0.311 e. The highest BCUT2D eigenvalue weighted by Gasteiger charge is 2.55. The summed E-state index contributed by atoms with van der Waals surface area (Å²) < 4.78 is 1.49. The lowest BCUT2D eigenvalue weighted by Gasteiger charge is -2.38. The number of aryl methyl sites for hydroxylation is 1. The molecule has 1 amide bonds. The number of fused-ring (bicyclic) bond motifs is 2. The van der Waals surface area contributed by atoms with Crippen molar-refractivity contribution in [1.82, 2.24) is 24.5 Å². The van der Waals surface area contributed by atoms with Gasteiger partial charge in [-0.15, -0.1) is 5.10 Å². The van der Waals surface area contributed by atoms with Crippen molar-refractivity contribution >= 4 is 17.7 Å². The van der Waals surface area contributed by atoms with Gasteiger partial charge in [-0.3, -0.25) is 9.59 Å². The quantitative estimate of drug-likeness (QED) is 0.891. The number of rotatable bonds is 2. The van der Waals surface area contributed by atoms with E-state index in [1.54, 1.807) is 17.3 Å². The lowest BCUT2D eigenvalue weighted by molar-refractivity contribution is -0.152. The molecule has 0 unspecified atom stereocenters. The van der Waals surface area contributed by atoms with Gasteiger partial charge in [0.15, 0.2) is 0 Å². The van der Waals surface area contributed by atoms with E-state index in [1.807, 2.05) is 6.92 Å². The average Bonchev–Trinajstić information content (AvgIpc) is 3.15. The summed E-state index contributed by atoms with van der Waals surface area (Å²) in [6.45, 7) is 2.33. The number of aromatic nitrogens is 4. The fourth-order valence-electron chi connectivity index (χ4n) is 4.14. The van der Waals surface area contributed by atoms with Crippen molar-refractivity contribution in [2.24, 2.45) is 5.41 Å². The van der Waals surface area contributed by atoms with E-state index in [0.29, 0.717) is 25.2 Å². The summed E-state index contributed by atoms with van der Waals surface area (Å²) in [4.78, 5) is 34.8. The van der Waals surface area contributed by atoms with Gasteiger partial charge in [-0.2, -0.15) is 4.98 Å². The van der Waals surface area contributed by atoms with Crippen LogP contribution in [0.3, 0.4) is 0 Å². The third-order valence-electron chi connectivity index (χ3n) is 5.36. The largest absolute Gasteiger partial charge is 0.481 e. The molecule has 2 fully saturated rings. The van der Waals surface area contributed by atoms with Crippen molar-refractivity contribution < 1.29 is 14.7 Å². The van der Waals surface area contributed by atoms with Crippen LogP contribution in [0, 0.1) is 12.3 Å². The maximum Gasteiger partial charge on any atom is 0.311 e. The van der Waals surface area contributed by atoms with Crippen molar-refractivity contribution in [3.05, 3.63) is 23.8 Å². The highest BCUT2D eigenvalue weighted by molar-refractivity contribution is 5.92. The molecule has 0 radical (unpaired) electrons. The van der Waals surface area contributed by atoms with Crippen molar-refractivity contribution in [3.8, 4) is 0 Å². The van der Waals surface area contributed by atoms with Gasteiger partial charge in [0.2, 0.25) is 5.82 Å². The van der Waals surface area contributed by atoms with Gasteiger partial charge in [0, 0.05) is 25.0 Å². The number of nitrogens with zero attached hydrogens (tertiary/aromatic N) is 5. The van der Waals surface area contributed by atoms with Crippen molar-refractivity contribution in [2.45, 2.75) is 45.1 Å². The standard InChI is InChI=1S/C16H19N5O3/c1-10-8-17-15-18-12(19-21(15)9-10)13(22)20-7-6-16(14(23)24)5-3-2-4-11(16)20/h8-9,11H,2-7H2,1H3,(H,23,24)/t11-,16+/m0/s1. The summed E-state index contributed by atoms with van der Waals surface area (Å²) in [5.74, 6) is -0.632. The van der Waals surface area contributed by atoms with Gasteiger partial charge in [0.25, 0.3) is 11.7 Å². The molecule has 1 N–H and O–H groups in total. The molecule has 3 heterocycles. The molecule has 4 rings (SSSR count). The first-order chi connectivity index (χ1) is 11.5. The maximum absolute atomic E-state index is 12.9. The van der Waals surface area contributed by atoms with Gasteiger partial charge in [0.05, 0.1) is 5.41 Å². The number of amides is 1. The third kappa shape index (κ3) is 2.09. The van der Waals surface area contributed by atoms with Crippen LogP contribution in [0.4, 0.5) is 0 Å². The Bertz CT molecular complexity index is 832. The first-order valence-corrected chi connectivity index (χ1v) is 8.25. The van der Waals surface area contributed by atoms with Crippen LogP contribution in [0.2, 0.25) is 0 Å². The lowest BCUT2D eigenvalue weighted by atomic mass is 9.70. The SMILES string of the molecule is Cc1cnc2nc(C(=O)N3CC[C@]4(C(=O)O)CCCC[C@H]34)nn2c1. The Kier molecular flexibility index (Phi) is 3.29. The molecule has 126 valence electrons. The summed E-state index contributed by atoms with van der Waals surface area (Å²) in [5.41, 5.74) is 0.117. The van der Waals surface area contributed by atoms with Crippen LogP contribution in [0.15, 0.2) is 12.4 Å². The van der Waals surface area contributed by atoms with E-state index in [-0.39, 0.29) is 17.8 Å². The number of carboxylic acids is 1. The predicted octanol–water partition coefficient (Wildman–Crippen LogP) is 1.29. The van der Waals surface area contributed by atoms with E-state index in [0.717, 1.165) is 24.8 Å². The summed E-state index contributed by atoms with van der Waals surface area (Å²) in [6.07, 6.45) is 7.15. The number of carbonyl (C=O) groups excluding carboxylic acids is 1. The topological polar surface area (TPSA) is 101 Å². The normalized spacial score (nSPS) is 26.5. The van der Waals surface area contributed by atoms with Crippen molar-refractivity contribution in [1.29, 1.82) is 0 Å². The van der Waals surface area contributed by atoms with Crippen molar-refractivity contribution in [3.63, 3.8) is 0 Å². The van der Waals surface area contributed by atoms with E-state index in [4.69, 9.17) is 0 Å². The molecular weight excluding hydrogens is 310 g/mol. The van der Waals surface area contributed by atoms with Gasteiger partial charge in [-0.25, -0.2) is 9.50 Å². The zero-order valence-electron chi connectivity index (χ0n) is 13.5. The number of hydrogen-bond acceptors (Lipinski definition) is 5. The molecule has 1 saturated heterocycles. The second-order valence-corrected chi connectivity index (χ2v) is 6.78. The van der Waals surface area contributed by atoms with Crippen LogP contribution in [0.5, 0.6) is 0 Å². The first-order valence-electron chi connectivity index (χ1n) is 8.25. The Labute approximate surface area is 138 Å². The van der Waals surface area contributed by atoms with Gasteiger partial charge in [-0.1, -0.05) is 12.8 Å². The lowest BCUT2D eigenvalue weighted by Crippen LogP contribution is -2.48. The van der Waals surface area contributed by atoms with Gasteiger partial charge < -0.3 is 10.0 Å². The minimum Gasteiger partial charge on any atom is -0.481 e. The zero-order chi connectivity index (χ0) is 16.9. The summed E-state index contributed by atoms with van der Waals surface area (Å²) in [5, 5.41) is 14.0. The number of carbonyl (C=O) groups is 2. The van der Waals surface area contributed by atoms with E-state index in [2.05, 4.69) is 15.1 Å². The summed E-state index contributed by atoms with van der Waals surface area (Å²) >= 11 is 0. The second kappa shape index (κ2) is 5.25. The second-order valence-electron chi connectivity index (χ2n) is 6.78. The van der Waals surface area contributed by atoms with Gasteiger partial charge in [-0.05, 0) is 31.7 Å². The molecule has 0 bridgehead atoms. The number of carboxylic acid groups (broad SMARTS) is 1. The first kappa shape index (κ1) is 15.0. The fraction of sp³-hybridized carbons (Fsp3) is 0.562. The predicted molar refractivity (Wildman–Crippen MR) is 83.5 cm³/mol. The average molecular weight is 329 g/mol. The third-order valence-corrected chi connectivity index (χ3v) is 5.36. The molecule has 2 aromatic rings. The molecule has 8 heteroatoms. The van der Waals surface area contributed by atoms with Gasteiger partial charge in [0.1, 0.15) is 0 Å². The van der Waals surface area contributed by atoms with Crippen LogP contribution >= 0.6 is 0 Å². The highest BCUT2D eigenvalue weighted by Crippen LogP contribution is 2.47. The molecule has 1 saturated carbocycles. The molecule has 2 atom stereocenters. The molecule has 1 aliphatic carbocycles. The van der Waals surface area contributed by atoms with E-state index in [9.17, 15) is 14.7 Å². The molecule has 1 aliphatic heterocycles. The molecule has 0 spiro atoms. The van der Waals surface area contributed by atoms with Gasteiger partial charge >= 0.3 is 5.97 Å². The zero-order valence-corrected chi connectivity index (χ0v) is 13.5. The van der Waals surface area contributed by atoms with Crippen LogP contribution in [-0.2, 0) is 4.79 Å². The highest BCUT2D eigenvalue weighted by atomic mass is 16.4. The minimum absolute atomic E-state index is 0.0832. The number of likely N-dealkylation sites (tertiary alicyclic amines) is 1. The molecule has 24 heavy (non-hydrogen) atoms. The Balaban J connectivity index is 1.67. The van der Waals surface area contributed by atoms with Crippen LogP contribution < -0.4 is 0 Å². The Morgan fingerprint density at radius 3 is 2.96 bits per heavy atom. The molecule has 0 aromatic carbocycles. The molecule has 2 aromatic heterocycles. The number of aliphatic carboxylic acids is 1. The summed E-state index contributed by atoms with van der Waals surface area (Å²) in [7, 11) is 0. The van der Waals surface area contributed by atoms with Crippen LogP contribution in [0.1, 0.15) is 48.3 Å². The number of hydrogen-bond donors (Lipinski definition) is 1.